The average Bonchev–Trinajstić information content (AvgIpc) is 1.54. The fourth-order valence-corrected chi connectivity index (χ4v) is 15.7. The van der Waals surface area contributed by atoms with Crippen LogP contribution in [0.5, 0.6) is 0 Å². The molecule has 0 unspecified atom stereocenters. The lowest BCUT2D eigenvalue weighted by atomic mass is 10.0. The molecule has 0 aliphatic carbocycles. The fraction of sp³-hybridized carbons (Fsp3) is 0. The molecule has 16 aromatic carbocycles. The molecule has 0 atom stereocenters. The van der Waals surface area contributed by atoms with Crippen molar-refractivity contribution in [2.24, 2.45) is 0 Å². The highest BCUT2D eigenvalue weighted by molar-refractivity contribution is 6.20. The van der Waals surface area contributed by atoms with Gasteiger partial charge in [0.2, 0.25) is 0 Å². The van der Waals surface area contributed by atoms with Gasteiger partial charge in [-0.25, -0.2) is 29.9 Å². The number of rotatable bonds is 8. The molecule has 0 aliphatic rings. The zero-order chi connectivity index (χ0) is 68.3. The van der Waals surface area contributed by atoms with Crippen molar-refractivity contribution in [3.8, 4) is 79.7 Å². The van der Waals surface area contributed by atoms with E-state index in [-0.39, 0.29) is 0 Å². The van der Waals surface area contributed by atoms with Crippen LogP contribution in [0.1, 0.15) is 0 Å². The van der Waals surface area contributed by atoms with Crippen molar-refractivity contribution in [3.05, 3.63) is 340 Å². The number of fused-ring (bicyclic) bond motifs is 16. The van der Waals surface area contributed by atoms with Gasteiger partial charge in [0.05, 0.1) is 44.6 Å². The van der Waals surface area contributed by atoms with Gasteiger partial charge in [0.25, 0.3) is 0 Å². The maximum absolute atomic E-state index is 6.53. The third-order valence-corrected chi connectivity index (χ3v) is 20.4. The normalized spacial score (nSPS) is 11.8. The Bertz CT molecular complexity index is 7240. The molecule has 10 nitrogen and oxygen atoms in total. The molecule has 0 amide bonds. The summed E-state index contributed by atoms with van der Waals surface area (Å²) >= 11 is 0. The van der Waals surface area contributed by atoms with Gasteiger partial charge in [-0.15, -0.1) is 0 Å². The summed E-state index contributed by atoms with van der Waals surface area (Å²) in [5.74, 6) is 3.60. The number of hydrogen-bond acceptors (Lipinski definition) is 8. The summed E-state index contributed by atoms with van der Waals surface area (Å²) in [6, 6.07) is 118. The average molecular weight is 1330 g/mol. The Morgan fingerprint density at radius 2 is 0.577 bits per heavy atom. The zero-order valence-corrected chi connectivity index (χ0v) is 55.7. The first kappa shape index (κ1) is 58.7. The van der Waals surface area contributed by atoms with Crippen LogP contribution in [-0.4, -0.2) is 39.0 Å². The van der Waals surface area contributed by atoms with E-state index in [4.69, 9.17) is 38.7 Å². The molecule has 6 aromatic heterocycles. The van der Waals surface area contributed by atoms with E-state index < -0.39 is 0 Å². The zero-order valence-electron chi connectivity index (χ0n) is 55.7. The number of aromatic nitrogens is 8. The smallest absolute Gasteiger partial charge is 0.166 e. The number of nitrogens with zero attached hydrogens (tertiary/aromatic N) is 8. The summed E-state index contributed by atoms with van der Waals surface area (Å²) in [5, 5.41) is 18.0. The van der Waals surface area contributed by atoms with E-state index in [2.05, 4.69) is 288 Å². The molecule has 0 spiro atoms. The molecule has 0 bridgehead atoms. The summed E-state index contributed by atoms with van der Waals surface area (Å²) < 4.78 is 17.8. The van der Waals surface area contributed by atoms with Crippen LogP contribution in [0.2, 0.25) is 0 Å². The number of furan rings is 2. The van der Waals surface area contributed by atoms with Gasteiger partial charge in [-0.2, -0.15) is 0 Å². The highest BCUT2D eigenvalue weighted by atomic mass is 16.3. The van der Waals surface area contributed by atoms with Gasteiger partial charge in [0, 0.05) is 65.3 Å². The molecule has 10 heteroatoms. The minimum atomic E-state index is 0.579. The van der Waals surface area contributed by atoms with Gasteiger partial charge in [0.15, 0.2) is 34.9 Å². The van der Waals surface area contributed by atoms with Gasteiger partial charge < -0.3 is 18.0 Å². The van der Waals surface area contributed by atoms with Crippen LogP contribution < -0.4 is 0 Å². The highest BCUT2D eigenvalue weighted by Gasteiger charge is 2.28. The molecule has 22 rings (SSSR count). The summed E-state index contributed by atoms with van der Waals surface area (Å²) in [4.78, 5) is 31.6. The van der Waals surface area contributed by atoms with Crippen LogP contribution in [-0.2, 0) is 0 Å². The minimum Gasteiger partial charge on any atom is -0.456 e. The summed E-state index contributed by atoms with van der Waals surface area (Å²) in [5.41, 5.74) is 15.0. The maximum Gasteiger partial charge on any atom is 0.166 e. The Balaban J connectivity index is 0.000000134. The van der Waals surface area contributed by atoms with Crippen molar-refractivity contribution in [3.63, 3.8) is 0 Å². The van der Waals surface area contributed by atoms with Crippen LogP contribution in [0.3, 0.4) is 0 Å². The molecular formula is C94H56N8O2. The van der Waals surface area contributed by atoms with Crippen LogP contribution in [0.4, 0.5) is 0 Å². The molecule has 6 heterocycles. The molecular weight excluding hydrogens is 1270 g/mol. The van der Waals surface area contributed by atoms with Crippen LogP contribution >= 0.6 is 0 Å². The number of para-hydroxylation sites is 4. The monoisotopic (exact) mass is 1330 g/mol. The van der Waals surface area contributed by atoms with Crippen LogP contribution in [0.15, 0.2) is 349 Å². The van der Waals surface area contributed by atoms with Crippen molar-refractivity contribution in [2.75, 3.05) is 0 Å². The Labute approximate surface area is 594 Å². The predicted octanol–water partition coefficient (Wildman–Crippen LogP) is 24.4. The number of benzene rings is 16. The lowest BCUT2D eigenvalue weighted by molar-refractivity contribution is 0.668. The van der Waals surface area contributed by atoms with Gasteiger partial charge in [-0.05, 0) is 122 Å². The Hall–Kier alpha value is -14.2. The SMILES string of the molecule is c1ccc(-c2nc(-c3ccc4ccccc4c3)nc(-c3c(-n4c5ccccc5c5cc6ccccc6cc54)ccc4oc5ccccc5c34)n2)cc1.c1ccc(-c2nc(-c3cccc4ccccc34)nc(-c3c(-n4c5ccccc5c5cc6ccccc6cc54)ccc4oc5ccccc5c34)n2)cc1. The number of hydrogen-bond donors (Lipinski definition) is 0. The molecule has 0 fully saturated rings. The minimum absolute atomic E-state index is 0.579. The van der Waals surface area contributed by atoms with E-state index in [1.165, 1.54) is 48.5 Å². The summed E-state index contributed by atoms with van der Waals surface area (Å²) in [7, 11) is 0. The van der Waals surface area contributed by atoms with E-state index in [1.807, 2.05) is 60.7 Å². The van der Waals surface area contributed by atoms with E-state index in [0.29, 0.717) is 34.9 Å². The first-order valence-corrected chi connectivity index (χ1v) is 34.9. The predicted molar refractivity (Wildman–Crippen MR) is 426 cm³/mol. The fourth-order valence-electron chi connectivity index (χ4n) is 15.7. The third kappa shape index (κ3) is 9.57. The molecule has 0 saturated carbocycles. The Kier molecular flexibility index (Phi) is 13.4. The molecule has 0 aliphatic heterocycles. The molecule has 0 radical (unpaired) electrons. The summed E-state index contributed by atoms with van der Waals surface area (Å²) in [6.45, 7) is 0. The van der Waals surface area contributed by atoms with Crippen LogP contribution in [0, 0.1) is 0 Å². The van der Waals surface area contributed by atoms with Crippen LogP contribution in [0.25, 0.3) is 210 Å². The third-order valence-electron chi connectivity index (χ3n) is 20.4. The largest absolute Gasteiger partial charge is 0.456 e. The van der Waals surface area contributed by atoms with E-state index in [1.54, 1.807) is 0 Å². The molecule has 0 saturated heterocycles. The standard InChI is InChI=1S/2C47H28N4O/c1-2-14-30(15-3-1)45-48-46(35-22-12-18-29-13-6-7-19-33(29)35)50-47(49-45)44-39(25-26-42-43(44)36-21-9-11-24-41(36)52-42)51-38-23-10-8-20-34(38)37-27-31-16-4-5-17-32(31)28-40(37)51;1-2-13-30(14-3-1)45-48-46(34-23-22-29-12-4-5-15-31(29)26-34)50-47(49-45)44-39(24-25-42-43(44)36-19-9-11-21-41(36)52-42)51-38-20-10-8-18-35(38)37-27-32-16-6-7-17-33(32)28-40(37)51/h2*1-28H. The second-order valence-corrected chi connectivity index (χ2v) is 26.4. The van der Waals surface area contributed by atoms with Gasteiger partial charge in [-0.3, -0.25) is 0 Å². The van der Waals surface area contributed by atoms with Crippen molar-refractivity contribution >= 4 is 131 Å². The lowest BCUT2D eigenvalue weighted by Gasteiger charge is -2.16. The van der Waals surface area contributed by atoms with Crippen molar-refractivity contribution in [1.82, 2.24) is 39.0 Å². The lowest BCUT2D eigenvalue weighted by Crippen LogP contribution is -2.04. The molecule has 0 N–H and O–H groups in total. The van der Waals surface area contributed by atoms with E-state index in [9.17, 15) is 0 Å². The van der Waals surface area contributed by atoms with Gasteiger partial charge in [-0.1, -0.05) is 261 Å². The molecule has 22 aromatic rings. The Morgan fingerprint density at radius 3 is 1.10 bits per heavy atom. The van der Waals surface area contributed by atoms with E-state index >= 15 is 0 Å². The van der Waals surface area contributed by atoms with Crippen molar-refractivity contribution < 1.29 is 8.83 Å². The first-order valence-electron chi connectivity index (χ1n) is 34.9. The maximum atomic E-state index is 6.53. The quantitative estimate of drug-likeness (QED) is 0.148. The van der Waals surface area contributed by atoms with Gasteiger partial charge in [0.1, 0.15) is 22.3 Å². The van der Waals surface area contributed by atoms with Crippen molar-refractivity contribution in [2.45, 2.75) is 0 Å². The molecule has 484 valence electrons. The van der Waals surface area contributed by atoms with Crippen molar-refractivity contribution in [1.29, 1.82) is 0 Å². The second-order valence-electron chi connectivity index (χ2n) is 26.4. The summed E-state index contributed by atoms with van der Waals surface area (Å²) in [6.07, 6.45) is 0. The molecule has 104 heavy (non-hydrogen) atoms. The topological polar surface area (TPSA) is 113 Å². The second kappa shape index (κ2) is 23.7. The van der Waals surface area contributed by atoms with Gasteiger partial charge >= 0.3 is 0 Å². The van der Waals surface area contributed by atoms with E-state index in [0.717, 1.165) is 127 Å². The first-order chi connectivity index (χ1) is 51.5. The Morgan fingerprint density at radius 1 is 0.202 bits per heavy atom. The highest BCUT2D eigenvalue weighted by Crippen LogP contribution is 2.47.